The van der Waals surface area contributed by atoms with Crippen LogP contribution in [0.25, 0.3) is 22.5 Å². The van der Waals surface area contributed by atoms with Crippen molar-refractivity contribution in [2.24, 2.45) is 18.9 Å². The number of likely N-dealkylation sites (tertiary alicyclic amines) is 1. The van der Waals surface area contributed by atoms with Gasteiger partial charge in [0.2, 0.25) is 5.89 Å². The molecule has 3 saturated carbocycles. The molecule has 1 saturated heterocycles. The Kier molecular flexibility index (Phi) is 12.9. The quantitative estimate of drug-likeness (QED) is 0.0736. The van der Waals surface area contributed by atoms with Gasteiger partial charge in [-0.3, -0.25) is 28.2 Å². The Bertz CT molecular complexity index is 2540. The van der Waals surface area contributed by atoms with E-state index in [1.807, 2.05) is 18.2 Å². The van der Waals surface area contributed by atoms with E-state index in [4.69, 9.17) is 9.15 Å². The number of benzene rings is 1. The lowest BCUT2D eigenvalue weighted by Gasteiger charge is -2.41. The summed E-state index contributed by atoms with van der Waals surface area (Å²) in [6, 6.07) is 9.10. The molecule has 0 spiro atoms. The van der Waals surface area contributed by atoms with E-state index in [-0.39, 0.29) is 53.1 Å². The first-order valence-electron chi connectivity index (χ1n) is 22.9. The maximum Gasteiger partial charge on any atom is 0.329 e. The second-order valence-corrected chi connectivity index (χ2v) is 18.2. The van der Waals surface area contributed by atoms with Crippen LogP contribution in [-0.4, -0.2) is 89.6 Å². The second-order valence-electron chi connectivity index (χ2n) is 18.2. The second kappa shape index (κ2) is 18.9. The maximum absolute atomic E-state index is 14.2. The number of para-hydroxylation sites is 1. The number of hydrogen-bond acceptors (Lipinski definition) is 11. The van der Waals surface area contributed by atoms with Crippen molar-refractivity contribution in [3.05, 3.63) is 76.4 Å². The van der Waals surface area contributed by atoms with E-state index in [1.165, 1.54) is 25.3 Å². The van der Waals surface area contributed by atoms with Crippen LogP contribution in [0.1, 0.15) is 124 Å². The van der Waals surface area contributed by atoms with E-state index in [0.29, 0.717) is 48.7 Å². The fraction of sp³-hybridized carbons (Fsp3) is 0.553. The molecule has 2 N–H and O–H groups in total. The summed E-state index contributed by atoms with van der Waals surface area (Å²) in [4.78, 5) is 62.4. The number of nitrogens with zero attached hydrogens (tertiary/aromatic N) is 7. The summed E-state index contributed by atoms with van der Waals surface area (Å²) in [6.07, 6.45) is 11.6. The lowest BCUT2D eigenvalue weighted by Crippen LogP contribution is -2.46. The normalized spacial score (nSPS) is 21.8. The molecule has 1 aliphatic heterocycles. The van der Waals surface area contributed by atoms with Crippen molar-refractivity contribution in [3.63, 3.8) is 0 Å². The van der Waals surface area contributed by atoms with Crippen molar-refractivity contribution in [3.8, 4) is 11.5 Å². The van der Waals surface area contributed by atoms with Crippen molar-refractivity contribution in [1.82, 2.24) is 33.8 Å². The fourth-order valence-electron chi connectivity index (χ4n) is 10.0. The number of imidazole rings is 1. The van der Waals surface area contributed by atoms with Crippen LogP contribution in [0.3, 0.4) is 0 Å². The largest absolute Gasteiger partial charge is 0.444 e. The number of nitrogens with one attached hydrogen (secondary N) is 2. The first-order valence-corrected chi connectivity index (χ1v) is 22.9. The number of Topliss-reactive ketones (excluding diaryl/α,β-unsaturated/α-hetero) is 2. The van der Waals surface area contributed by atoms with Crippen LogP contribution in [0, 0.1) is 11.8 Å². The number of amides is 1. The van der Waals surface area contributed by atoms with Gasteiger partial charge in [-0.2, -0.15) is 5.10 Å². The number of piperidine rings is 1. The molecular weight excluding hydrogens is 825 g/mol. The van der Waals surface area contributed by atoms with E-state index in [1.54, 1.807) is 39.2 Å². The maximum atomic E-state index is 14.2. The van der Waals surface area contributed by atoms with Gasteiger partial charge in [-0.1, -0.05) is 12.1 Å². The summed E-state index contributed by atoms with van der Waals surface area (Å²) in [7, 11) is 1.74. The number of hydrogen-bond donors (Lipinski definition) is 2. The molecule has 15 nitrogen and oxygen atoms in total. The minimum atomic E-state index is -2.87. The van der Waals surface area contributed by atoms with Crippen molar-refractivity contribution in [2.75, 3.05) is 36.9 Å². The van der Waals surface area contributed by atoms with E-state index < -0.39 is 24.1 Å². The molecule has 17 heteroatoms. The number of anilines is 2. The lowest BCUT2D eigenvalue weighted by molar-refractivity contribution is -0.132. The van der Waals surface area contributed by atoms with E-state index >= 15 is 0 Å². The summed E-state index contributed by atoms with van der Waals surface area (Å²) < 4.78 is 45.2. The number of halogens is 2. The van der Waals surface area contributed by atoms with Crippen molar-refractivity contribution in [1.29, 1.82) is 0 Å². The topological polar surface area (TPSA) is 171 Å². The van der Waals surface area contributed by atoms with Gasteiger partial charge in [0.1, 0.15) is 17.9 Å². The smallest absolute Gasteiger partial charge is 0.329 e. The fourth-order valence-corrected chi connectivity index (χ4v) is 10.0. The molecule has 0 bridgehead atoms. The summed E-state index contributed by atoms with van der Waals surface area (Å²) in [5.41, 5.74) is 2.49. The molecule has 9 rings (SSSR count). The summed E-state index contributed by atoms with van der Waals surface area (Å²) in [6.45, 7) is 5.64. The zero-order valence-electron chi connectivity index (χ0n) is 36.5. The molecule has 64 heavy (non-hydrogen) atoms. The summed E-state index contributed by atoms with van der Waals surface area (Å²) in [5, 5.41) is 10.2. The van der Waals surface area contributed by atoms with E-state index in [2.05, 4.69) is 37.5 Å². The highest BCUT2D eigenvalue weighted by Gasteiger charge is 2.34. The molecule has 1 amide bonds. The predicted molar refractivity (Wildman–Crippen MR) is 235 cm³/mol. The van der Waals surface area contributed by atoms with Crippen LogP contribution >= 0.6 is 0 Å². The minimum absolute atomic E-state index is 0.0274. The Morgan fingerprint density at radius 1 is 1.02 bits per heavy atom. The number of ether oxygens (including phenoxy) is 1. The third-order valence-electron chi connectivity index (χ3n) is 14.0. The molecule has 4 fully saturated rings. The van der Waals surface area contributed by atoms with Gasteiger partial charge in [0, 0.05) is 63.7 Å². The number of rotatable bonds is 16. The number of aromatic nitrogens is 6. The SMILES string of the molecule is CC(C1CCC(n2cc(NC(=O)c3coc(-c4ccnc(NCC5CC5)c4)n3)c(C(F)F)n2)CC1)N1CCC(OCCCc2cccc3c2n(C)c(=O)n3C2CCC(=O)CC2=O)CC1. The Labute approximate surface area is 369 Å². The number of carbonyl (C=O) groups excluding carboxylic acids is 3. The zero-order chi connectivity index (χ0) is 44.5. The standard InChI is InChI=1S/C47H57F2N9O6/c1-28(56-20-17-35(18-21-56)63-22-4-6-31-5-3-7-39-43(31)55(2)47(62)58(39)38-15-14-34(59)24-40(38)60)30-10-12-33(13-11-30)57-26-36(42(54-57)44(48)49)52-45(61)37-27-64-46(53-37)32-16-19-50-41(23-32)51-25-29-8-9-29/h3,5,7,16,19,23,26-30,33,35,38,44H,4,6,8-15,17-18,20-22,24-25H2,1-2H3,(H,50,51)(H,52,61). The predicted octanol–water partition coefficient (Wildman–Crippen LogP) is 7.70. The summed E-state index contributed by atoms with van der Waals surface area (Å²) in [5.74, 6) is 1.15. The first-order chi connectivity index (χ1) is 31.0. The van der Waals surface area contributed by atoms with Crippen LogP contribution in [-0.2, 0) is 27.8 Å². The van der Waals surface area contributed by atoms with Gasteiger partial charge in [-0.05, 0) is 113 Å². The third kappa shape index (κ3) is 9.46. The Morgan fingerprint density at radius 2 is 1.81 bits per heavy atom. The molecular formula is C47H57F2N9O6. The van der Waals surface area contributed by atoms with Gasteiger partial charge in [-0.25, -0.2) is 23.5 Å². The van der Waals surface area contributed by atoms with E-state index in [0.717, 1.165) is 87.6 Å². The minimum Gasteiger partial charge on any atom is -0.444 e. The number of pyridine rings is 1. The van der Waals surface area contributed by atoms with Crippen LogP contribution in [0.4, 0.5) is 20.3 Å². The van der Waals surface area contributed by atoms with Crippen LogP contribution in [0.5, 0.6) is 0 Å². The number of alkyl halides is 2. The third-order valence-corrected chi connectivity index (χ3v) is 14.0. The molecule has 5 heterocycles. The van der Waals surface area contributed by atoms with Crippen molar-refractivity contribution in [2.45, 2.75) is 121 Å². The van der Waals surface area contributed by atoms with Gasteiger partial charge >= 0.3 is 5.69 Å². The highest BCUT2D eigenvalue weighted by atomic mass is 19.3. The average molecular weight is 882 g/mol. The van der Waals surface area contributed by atoms with Gasteiger partial charge in [-0.15, -0.1) is 0 Å². The number of carbonyl (C=O) groups is 3. The monoisotopic (exact) mass is 881 g/mol. The molecule has 5 aromatic rings. The van der Waals surface area contributed by atoms with E-state index in [9.17, 15) is 28.0 Å². The molecule has 2 atom stereocenters. The lowest BCUT2D eigenvalue weighted by atomic mass is 9.81. The number of fused-ring (bicyclic) bond motifs is 1. The Morgan fingerprint density at radius 3 is 2.56 bits per heavy atom. The molecule has 1 aromatic carbocycles. The van der Waals surface area contributed by atoms with Gasteiger partial charge in [0.15, 0.2) is 17.2 Å². The van der Waals surface area contributed by atoms with Crippen molar-refractivity contribution >= 4 is 40.0 Å². The van der Waals surface area contributed by atoms with Crippen LogP contribution in [0.15, 0.2) is 58.2 Å². The Balaban J connectivity index is 0.726. The Hall–Kier alpha value is -5.55. The van der Waals surface area contributed by atoms with Gasteiger partial charge in [0.05, 0.1) is 41.3 Å². The number of oxazole rings is 1. The van der Waals surface area contributed by atoms with Crippen molar-refractivity contribution < 1.29 is 32.3 Å². The van der Waals surface area contributed by atoms with Crippen LogP contribution in [0.2, 0.25) is 0 Å². The zero-order valence-corrected chi connectivity index (χ0v) is 36.5. The molecule has 2 unspecified atom stereocenters. The highest BCUT2D eigenvalue weighted by molar-refractivity contribution is 6.04. The molecule has 4 aromatic heterocycles. The molecule has 340 valence electrons. The molecule has 4 aliphatic rings. The summed E-state index contributed by atoms with van der Waals surface area (Å²) >= 11 is 0. The molecule has 3 aliphatic carbocycles. The number of ketones is 2. The molecule has 0 radical (unpaired) electrons. The first kappa shape index (κ1) is 43.7. The highest BCUT2D eigenvalue weighted by Crippen LogP contribution is 2.38. The van der Waals surface area contributed by atoms with Gasteiger partial charge < -0.3 is 24.7 Å². The number of aryl methyl sites for hydroxylation is 2. The average Bonchev–Trinajstić information content (AvgIpc) is 3.71. The van der Waals surface area contributed by atoms with Crippen LogP contribution < -0.4 is 16.3 Å². The van der Waals surface area contributed by atoms with Gasteiger partial charge in [0.25, 0.3) is 12.3 Å².